The third-order valence-corrected chi connectivity index (χ3v) is 4.34. The highest BCUT2D eigenvalue weighted by molar-refractivity contribution is 9.10. The lowest BCUT2D eigenvalue weighted by molar-refractivity contribution is 0.0944. The number of nitrogens with two attached hydrogens (primary N) is 1. The van der Waals surface area contributed by atoms with E-state index in [0.717, 1.165) is 11.0 Å². The predicted molar refractivity (Wildman–Crippen MR) is 77.5 cm³/mol. The van der Waals surface area contributed by atoms with E-state index in [4.69, 9.17) is 5.73 Å². The minimum Gasteiger partial charge on any atom is -0.398 e. The van der Waals surface area contributed by atoms with Crippen LogP contribution in [0.2, 0.25) is 0 Å². The second-order valence-corrected chi connectivity index (χ2v) is 6.02. The van der Waals surface area contributed by atoms with Gasteiger partial charge in [0.1, 0.15) is 0 Å². The quantitative estimate of drug-likeness (QED) is 0.819. The number of nitrogens with one attached hydrogen (secondary N) is 1. The summed E-state index contributed by atoms with van der Waals surface area (Å²) < 4.78 is 0.823. The molecule has 0 bridgehead atoms. The van der Waals surface area contributed by atoms with Crippen molar-refractivity contribution in [2.75, 3.05) is 12.3 Å². The van der Waals surface area contributed by atoms with Crippen LogP contribution in [0.4, 0.5) is 5.69 Å². The van der Waals surface area contributed by atoms with Crippen molar-refractivity contribution in [2.24, 2.45) is 5.41 Å². The second kappa shape index (κ2) is 5.31. The molecule has 1 aromatic rings. The van der Waals surface area contributed by atoms with Crippen LogP contribution in [0, 0.1) is 5.41 Å². The number of hydrogen-bond donors (Lipinski definition) is 2. The van der Waals surface area contributed by atoms with E-state index in [9.17, 15) is 4.79 Å². The van der Waals surface area contributed by atoms with Crippen LogP contribution in [0.25, 0.3) is 0 Å². The van der Waals surface area contributed by atoms with Gasteiger partial charge in [-0.25, -0.2) is 0 Å². The van der Waals surface area contributed by atoms with Gasteiger partial charge in [-0.1, -0.05) is 13.3 Å². The molecule has 18 heavy (non-hydrogen) atoms. The SMILES string of the molecule is CCCC1(CNC(=O)c2ccc(Br)c(N)c2)CC1. The van der Waals surface area contributed by atoms with Crippen LogP contribution >= 0.6 is 15.9 Å². The second-order valence-electron chi connectivity index (χ2n) is 5.17. The Morgan fingerprint density at radius 3 is 2.78 bits per heavy atom. The van der Waals surface area contributed by atoms with Crippen molar-refractivity contribution >= 4 is 27.5 Å². The Morgan fingerprint density at radius 2 is 2.22 bits per heavy atom. The largest absolute Gasteiger partial charge is 0.398 e. The average molecular weight is 311 g/mol. The van der Waals surface area contributed by atoms with Crippen molar-refractivity contribution in [1.82, 2.24) is 5.32 Å². The normalized spacial score (nSPS) is 16.3. The highest BCUT2D eigenvalue weighted by atomic mass is 79.9. The molecule has 4 heteroatoms. The Kier molecular flexibility index (Phi) is 3.95. The Balaban J connectivity index is 1.93. The van der Waals surface area contributed by atoms with Gasteiger partial charge in [-0.3, -0.25) is 4.79 Å². The molecule has 0 spiro atoms. The van der Waals surface area contributed by atoms with Crippen LogP contribution in [0.5, 0.6) is 0 Å². The Bertz CT molecular complexity index is 455. The molecule has 3 nitrogen and oxygen atoms in total. The maximum Gasteiger partial charge on any atom is 0.251 e. The van der Waals surface area contributed by atoms with E-state index in [1.54, 1.807) is 12.1 Å². The maximum atomic E-state index is 12.0. The van der Waals surface area contributed by atoms with Gasteiger partial charge >= 0.3 is 0 Å². The lowest BCUT2D eigenvalue weighted by Gasteiger charge is -2.15. The molecule has 1 amide bonds. The summed E-state index contributed by atoms with van der Waals surface area (Å²) in [5.74, 6) is -0.0309. The number of halogens is 1. The van der Waals surface area contributed by atoms with Crippen LogP contribution in [0.1, 0.15) is 43.0 Å². The topological polar surface area (TPSA) is 55.1 Å². The highest BCUT2D eigenvalue weighted by Gasteiger charge is 2.41. The van der Waals surface area contributed by atoms with Crippen molar-refractivity contribution in [3.8, 4) is 0 Å². The van der Waals surface area contributed by atoms with E-state index >= 15 is 0 Å². The lowest BCUT2D eigenvalue weighted by Crippen LogP contribution is -2.30. The van der Waals surface area contributed by atoms with Gasteiger partial charge in [-0.15, -0.1) is 0 Å². The van der Waals surface area contributed by atoms with Gasteiger partial charge in [0.05, 0.1) is 0 Å². The minimum absolute atomic E-state index is 0.0309. The predicted octanol–water partition coefficient (Wildman–Crippen LogP) is 3.34. The van der Waals surface area contributed by atoms with Crippen LogP contribution in [-0.2, 0) is 0 Å². The Hall–Kier alpha value is -1.03. The van der Waals surface area contributed by atoms with E-state index in [2.05, 4.69) is 28.2 Å². The van der Waals surface area contributed by atoms with E-state index < -0.39 is 0 Å². The van der Waals surface area contributed by atoms with E-state index in [0.29, 0.717) is 16.7 Å². The molecule has 1 aliphatic rings. The third kappa shape index (κ3) is 3.05. The number of carbonyl (C=O) groups is 1. The zero-order valence-corrected chi connectivity index (χ0v) is 12.2. The summed E-state index contributed by atoms with van der Waals surface area (Å²) in [5, 5.41) is 3.02. The molecule has 2 rings (SSSR count). The molecule has 98 valence electrons. The Labute approximate surface area is 116 Å². The summed E-state index contributed by atoms with van der Waals surface area (Å²) in [6, 6.07) is 5.30. The summed E-state index contributed by atoms with van der Waals surface area (Å²) in [5.41, 5.74) is 7.38. The number of carbonyl (C=O) groups excluding carboxylic acids is 1. The molecule has 0 aromatic heterocycles. The molecule has 0 saturated heterocycles. The van der Waals surface area contributed by atoms with E-state index in [1.165, 1.54) is 25.7 Å². The van der Waals surface area contributed by atoms with Gasteiger partial charge in [-0.05, 0) is 58.8 Å². The fraction of sp³-hybridized carbons (Fsp3) is 0.500. The molecule has 3 N–H and O–H groups in total. The summed E-state index contributed by atoms with van der Waals surface area (Å²) in [6.45, 7) is 2.98. The van der Waals surface area contributed by atoms with Gasteiger partial charge in [0.2, 0.25) is 0 Å². The first kappa shape index (κ1) is 13.4. The molecule has 0 atom stereocenters. The molecule has 1 aromatic carbocycles. The van der Waals surface area contributed by atoms with Crippen LogP contribution < -0.4 is 11.1 Å². The van der Waals surface area contributed by atoms with Gasteiger partial charge in [0.25, 0.3) is 5.91 Å². The van der Waals surface area contributed by atoms with E-state index in [1.807, 2.05) is 6.07 Å². The molecule has 0 unspecified atom stereocenters. The smallest absolute Gasteiger partial charge is 0.251 e. The van der Waals surface area contributed by atoms with Gasteiger partial charge in [0, 0.05) is 22.3 Å². The van der Waals surface area contributed by atoms with Crippen molar-refractivity contribution in [2.45, 2.75) is 32.6 Å². The molecule has 0 aliphatic heterocycles. The summed E-state index contributed by atoms with van der Waals surface area (Å²) in [6.07, 6.45) is 4.87. The van der Waals surface area contributed by atoms with Crippen molar-refractivity contribution in [1.29, 1.82) is 0 Å². The lowest BCUT2D eigenvalue weighted by atomic mass is 10.0. The number of nitrogen functional groups attached to an aromatic ring is 1. The molecule has 1 saturated carbocycles. The van der Waals surface area contributed by atoms with Crippen LogP contribution in [0.3, 0.4) is 0 Å². The Morgan fingerprint density at radius 1 is 1.50 bits per heavy atom. The zero-order chi connectivity index (χ0) is 13.2. The van der Waals surface area contributed by atoms with Gasteiger partial charge < -0.3 is 11.1 Å². The zero-order valence-electron chi connectivity index (χ0n) is 10.6. The summed E-state index contributed by atoms with van der Waals surface area (Å²) in [4.78, 5) is 12.0. The first-order valence-electron chi connectivity index (χ1n) is 6.39. The van der Waals surface area contributed by atoms with Gasteiger partial charge in [0.15, 0.2) is 0 Å². The first-order valence-corrected chi connectivity index (χ1v) is 7.19. The molecular formula is C14H19BrN2O. The van der Waals surface area contributed by atoms with Crippen molar-refractivity contribution in [3.63, 3.8) is 0 Å². The summed E-state index contributed by atoms with van der Waals surface area (Å²) >= 11 is 3.32. The number of amides is 1. The average Bonchev–Trinajstić information content (AvgIpc) is 3.11. The number of rotatable bonds is 5. The molecule has 0 heterocycles. The number of anilines is 1. The first-order chi connectivity index (χ1) is 8.56. The van der Waals surface area contributed by atoms with Crippen LogP contribution in [0.15, 0.2) is 22.7 Å². The highest BCUT2D eigenvalue weighted by Crippen LogP contribution is 2.48. The van der Waals surface area contributed by atoms with Crippen LogP contribution in [-0.4, -0.2) is 12.5 Å². The van der Waals surface area contributed by atoms with Gasteiger partial charge in [-0.2, -0.15) is 0 Å². The summed E-state index contributed by atoms with van der Waals surface area (Å²) in [7, 11) is 0. The molecule has 0 radical (unpaired) electrons. The minimum atomic E-state index is -0.0309. The number of hydrogen-bond acceptors (Lipinski definition) is 2. The number of benzene rings is 1. The standard InChI is InChI=1S/C14H19BrN2O/c1-2-5-14(6-7-14)9-17-13(18)10-3-4-11(15)12(16)8-10/h3-4,8H,2,5-7,9,16H2,1H3,(H,17,18). The monoisotopic (exact) mass is 310 g/mol. The maximum absolute atomic E-state index is 12.0. The molecule has 1 aliphatic carbocycles. The molecular weight excluding hydrogens is 292 g/mol. The van der Waals surface area contributed by atoms with Crippen molar-refractivity contribution in [3.05, 3.63) is 28.2 Å². The van der Waals surface area contributed by atoms with Crippen molar-refractivity contribution < 1.29 is 4.79 Å². The fourth-order valence-corrected chi connectivity index (χ4v) is 2.52. The third-order valence-electron chi connectivity index (χ3n) is 3.62. The van der Waals surface area contributed by atoms with E-state index in [-0.39, 0.29) is 5.91 Å². The fourth-order valence-electron chi connectivity index (χ4n) is 2.28. The molecule has 1 fully saturated rings.